The fourth-order valence-corrected chi connectivity index (χ4v) is 3.42. The van der Waals surface area contributed by atoms with E-state index in [9.17, 15) is 9.18 Å². The van der Waals surface area contributed by atoms with E-state index in [0.29, 0.717) is 40.0 Å². The number of nitrogens with zero attached hydrogens (tertiary/aromatic N) is 4. The maximum atomic E-state index is 14.1. The highest BCUT2D eigenvalue weighted by Gasteiger charge is 2.22. The van der Waals surface area contributed by atoms with E-state index >= 15 is 0 Å². The van der Waals surface area contributed by atoms with Crippen molar-refractivity contribution < 1.29 is 23.4 Å². The van der Waals surface area contributed by atoms with Crippen molar-refractivity contribution in [2.45, 2.75) is 26.0 Å². The first kappa shape index (κ1) is 20.7. The molecule has 9 nitrogen and oxygen atoms in total. The Morgan fingerprint density at radius 3 is 2.82 bits per heavy atom. The number of hydrogen-bond acceptors (Lipinski definition) is 7. The molecule has 0 radical (unpaired) electrons. The average Bonchev–Trinajstić information content (AvgIpc) is 3.45. The fourth-order valence-electron chi connectivity index (χ4n) is 3.42. The van der Waals surface area contributed by atoms with Crippen LogP contribution in [0.3, 0.4) is 0 Å². The second-order valence-electron chi connectivity index (χ2n) is 7.53. The standard InChI is InChI=1S/C23H20FN5O4/c1-13(26-23(30)14(2)33-15-7-8-19-20(9-15)32-12-31-19)22-27-21-10-18(25-11-29(21)28-22)16-5-3-4-6-17(16)24/h3-11,13-14H,12H2,1-2H3,(H,26,30)/t13-,14-/m0/s1. The van der Waals surface area contributed by atoms with Crippen LogP contribution < -0.4 is 19.5 Å². The molecule has 5 rings (SSSR count). The Morgan fingerprint density at radius 2 is 1.97 bits per heavy atom. The molecule has 1 N–H and O–H groups in total. The molecule has 0 spiro atoms. The summed E-state index contributed by atoms with van der Waals surface area (Å²) in [7, 11) is 0. The summed E-state index contributed by atoms with van der Waals surface area (Å²) in [6.07, 6.45) is 0.701. The van der Waals surface area contributed by atoms with Crippen molar-refractivity contribution >= 4 is 11.6 Å². The van der Waals surface area contributed by atoms with Gasteiger partial charge in [-0.3, -0.25) is 4.79 Å². The maximum absolute atomic E-state index is 14.1. The Kier molecular flexibility index (Phi) is 5.25. The summed E-state index contributed by atoms with van der Waals surface area (Å²) in [6.45, 7) is 3.58. The van der Waals surface area contributed by atoms with Gasteiger partial charge in [0, 0.05) is 17.7 Å². The Morgan fingerprint density at radius 1 is 1.15 bits per heavy atom. The largest absolute Gasteiger partial charge is 0.481 e. The van der Waals surface area contributed by atoms with Crippen LogP contribution in [0, 0.1) is 5.82 Å². The lowest BCUT2D eigenvalue weighted by molar-refractivity contribution is -0.128. The zero-order valence-corrected chi connectivity index (χ0v) is 17.9. The summed E-state index contributed by atoms with van der Waals surface area (Å²) < 4.78 is 31.9. The van der Waals surface area contributed by atoms with Gasteiger partial charge in [0.25, 0.3) is 5.91 Å². The molecular formula is C23H20FN5O4. The van der Waals surface area contributed by atoms with Crippen LogP contribution in [0.2, 0.25) is 0 Å². The number of carbonyl (C=O) groups is 1. The molecule has 4 aromatic rings. The number of carbonyl (C=O) groups excluding carboxylic acids is 1. The van der Waals surface area contributed by atoms with Crippen LogP contribution in [0.15, 0.2) is 54.9 Å². The Labute approximate surface area is 188 Å². The molecule has 10 heteroatoms. The van der Waals surface area contributed by atoms with E-state index in [4.69, 9.17) is 14.2 Å². The Bertz CT molecular complexity index is 1340. The summed E-state index contributed by atoms with van der Waals surface area (Å²) in [6, 6.07) is 12.7. The summed E-state index contributed by atoms with van der Waals surface area (Å²) in [5.74, 6) is 1.40. The van der Waals surface area contributed by atoms with Crippen molar-refractivity contribution in [3.63, 3.8) is 0 Å². The average molecular weight is 449 g/mol. The van der Waals surface area contributed by atoms with Crippen LogP contribution in [0.25, 0.3) is 16.9 Å². The molecule has 33 heavy (non-hydrogen) atoms. The van der Waals surface area contributed by atoms with Crippen molar-refractivity contribution in [3.05, 3.63) is 66.5 Å². The quantitative estimate of drug-likeness (QED) is 0.482. The van der Waals surface area contributed by atoms with Gasteiger partial charge < -0.3 is 19.5 Å². The van der Waals surface area contributed by atoms with E-state index in [0.717, 1.165) is 0 Å². The molecule has 2 aromatic carbocycles. The minimum absolute atomic E-state index is 0.162. The number of benzene rings is 2. The zero-order chi connectivity index (χ0) is 22.9. The van der Waals surface area contributed by atoms with Gasteiger partial charge in [0.2, 0.25) is 6.79 Å². The molecule has 2 aromatic heterocycles. The molecule has 0 bridgehead atoms. The van der Waals surface area contributed by atoms with Gasteiger partial charge in [-0.2, -0.15) is 0 Å². The van der Waals surface area contributed by atoms with Crippen molar-refractivity contribution in [2.24, 2.45) is 0 Å². The highest BCUT2D eigenvalue weighted by Crippen LogP contribution is 2.35. The third-order valence-corrected chi connectivity index (χ3v) is 5.17. The third-order valence-electron chi connectivity index (χ3n) is 5.17. The second kappa shape index (κ2) is 8.38. The van der Waals surface area contributed by atoms with E-state index < -0.39 is 12.1 Å². The SMILES string of the molecule is C[C@H](Oc1ccc2c(c1)OCO2)C(=O)N[C@@H](C)c1nc2cc(-c3ccccc3F)ncn2n1. The highest BCUT2D eigenvalue weighted by molar-refractivity contribution is 5.81. The minimum Gasteiger partial charge on any atom is -0.481 e. The van der Waals surface area contributed by atoms with Gasteiger partial charge in [0.1, 0.15) is 17.9 Å². The molecule has 1 aliphatic rings. The second-order valence-corrected chi connectivity index (χ2v) is 7.53. The molecule has 0 aliphatic carbocycles. The van der Waals surface area contributed by atoms with Gasteiger partial charge >= 0.3 is 0 Å². The van der Waals surface area contributed by atoms with Crippen LogP contribution in [-0.4, -0.2) is 38.4 Å². The predicted molar refractivity (Wildman–Crippen MR) is 115 cm³/mol. The van der Waals surface area contributed by atoms with Crippen molar-refractivity contribution in [1.82, 2.24) is 24.9 Å². The van der Waals surface area contributed by atoms with Gasteiger partial charge in [-0.1, -0.05) is 12.1 Å². The molecular weight excluding hydrogens is 429 g/mol. The van der Waals surface area contributed by atoms with E-state index in [1.807, 2.05) is 0 Å². The van der Waals surface area contributed by atoms with Crippen LogP contribution in [0.5, 0.6) is 17.2 Å². The smallest absolute Gasteiger partial charge is 0.261 e. The zero-order valence-electron chi connectivity index (χ0n) is 17.9. The lowest BCUT2D eigenvalue weighted by Crippen LogP contribution is -2.38. The molecule has 0 fully saturated rings. The van der Waals surface area contributed by atoms with Gasteiger partial charge in [-0.15, -0.1) is 5.10 Å². The molecule has 1 amide bonds. The molecule has 0 saturated heterocycles. The molecule has 3 heterocycles. The number of amides is 1. The number of rotatable bonds is 6. The van der Waals surface area contributed by atoms with Gasteiger partial charge in [-0.05, 0) is 38.1 Å². The number of aromatic nitrogens is 4. The first-order chi connectivity index (χ1) is 16.0. The van der Waals surface area contributed by atoms with E-state index in [-0.39, 0.29) is 18.5 Å². The number of fused-ring (bicyclic) bond motifs is 2. The molecule has 0 saturated carbocycles. The number of hydrogen-bond donors (Lipinski definition) is 1. The summed E-state index contributed by atoms with van der Waals surface area (Å²) in [4.78, 5) is 21.4. The first-order valence-electron chi connectivity index (χ1n) is 10.3. The maximum Gasteiger partial charge on any atom is 0.261 e. The van der Waals surface area contributed by atoms with Crippen LogP contribution in [0.4, 0.5) is 4.39 Å². The van der Waals surface area contributed by atoms with Crippen LogP contribution >= 0.6 is 0 Å². The van der Waals surface area contributed by atoms with E-state index in [1.165, 1.54) is 16.9 Å². The van der Waals surface area contributed by atoms with Crippen LogP contribution in [-0.2, 0) is 4.79 Å². The Hall–Kier alpha value is -4.21. The molecule has 2 atom stereocenters. The molecule has 0 unspecified atom stereocenters. The number of halogens is 1. The van der Waals surface area contributed by atoms with Gasteiger partial charge in [0.15, 0.2) is 29.1 Å². The number of nitrogens with one attached hydrogen (secondary N) is 1. The van der Waals surface area contributed by atoms with Crippen molar-refractivity contribution in [3.8, 4) is 28.5 Å². The van der Waals surface area contributed by atoms with Crippen LogP contribution in [0.1, 0.15) is 25.7 Å². The van der Waals surface area contributed by atoms with E-state index in [2.05, 4.69) is 20.4 Å². The fraction of sp³-hybridized carbons (Fsp3) is 0.217. The summed E-state index contributed by atoms with van der Waals surface area (Å²) in [5.41, 5.74) is 1.31. The normalized spacial score (nSPS) is 14.2. The van der Waals surface area contributed by atoms with Gasteiger partial charge in [0.05, 0.1) is 11.7 Å². The molecule has 1 aliphatic heterocycles. The van der Waals surface area contributed by atoms with Crippen molar-refractivity contribution in [1.29, 1.82) is 0 Å². The van der Waals surface area contributed by atoms with Crippen molar-refractivity contribution in [2.75, 3.05) is 6.79 Å². The van der Waals surface area contributed by atoms with Gasteiger partial charge in [-0.25, -0.2) is 18.9 Å². The summed E-state index contributed by atoms with van der Waals surface area (Å²) >= 11 is 0. The number of ether oxygens (including phenoxy) is 3. The first-order valence-corrected chi connectivity index (χ1v) is 10.3. The Balaban J connectivity index is 1.27. The molecule has 168 valence electrons. The lowest BCUT2D eigenvalue weighted by atomic mass is 10.1. The summed E-state index contributed by atoms with van der Waals surface area (Å²) in [5, 5.41) is 7.22. The topological polar surface area (TPSA) is 99.9 Å². The lowest BCUT2D eigenvalue weighted by Gasteiger charge is -2.17. The minimum atomic E-state index is -0.765. The third kappa shape index (κ3) is 4.14. The predicted octanol–water partition coefficient (Wildman–Crippen LogP) is 3.30. The highest BCUT2D eigenvalue weighted by atomic mass is 19.1. The monoisotopic (exact) mass is 449 g/mol. The van der Waals surface area contributed by atoms with E-state index in [1.54, 1.807) is 56.3 Å².